The third kappa shape index (κ3) is 3.50. The first-order chi connectivity index (χ1) is 12.3. The van der Waals surface area contributed by atoms with Crippen molar-refractivity contribution in [3.05, 3.63) is 35.9 Å². The number of β-amino-alcohol motifs (C(OH)–C–C–N with tert-alkyl or cyclic N) is 1. The SMILES string of the molecule is O[C@H](COC1CCOCC1)CN1C[C@@H]2CCCC[C@@]21c1ccccc1. The molecule has 0 aromatic heterocycles. The summed E-state index contributed by atoms with van der Waals surface area (Å²) in [5, 5.41) is 10.6. The standard InChI is InChI=1S/C21H31NO3/c23-19(16-25-20-9-12-24-13-10-20)15-22-14-18-8-4-5-11-21(18,22)17-6-2-1-3-7-17/h1-3,6-7,18-20,23H,4-5,8-16H2/t18-,19-,21+/m0/s1. The van der Waals surface area contributed by atoms with Crippen LogP contribution in [0.1, 0.15) is 44.1 Å². The van der Waals surface area contributed by atoms with Crippen LogP contribution in [0.2, 0.25) is 0 Å². The molecular weight excluding hydrogens is 314 g/mol. The number of likely N-dealkylation sites (tertiary alicyclic amines) is 1. The first kappa shape index (κ1) is 17.5. The lowest BCUT2D eigenvalue weighted by Crippen LogP contribution is -2.67. The van der Waals surface area contributed by atoms with Crippen LogP contribution in [0.25, 0.3) is 0 Å². The summed E-state index contributed by atoms with van der Waals surface area (Å²) in [7, 11) is 0. The monoisotopic (exact) mass is 345 g/mol. The lowest BCUT2D eigenvalue weighted by atomic mass is 9.61. The molecule has 138 valence electrons. The highest BCUT2D eigenvalue weighted by Gasteiger charge is 2.54. The Morgan fingerprint density at radius 2 is 1.96 bits per heavy atom. The summed E-state index contributed by atoms with van der Waals surface area (Å²) in [6.07, 6.45) is 6.92. The molecule has 1 N–H and O–H groups in total. The van der Waals surface area contributed by atoms with Crippen molar-refractivity contribution < 1.29 is 14.6 Å². The number of hydrogen-bond donors (Lipinski definition) is 1. The maximum Gasteiger partial charge on any atom is 0.0900 e. The summed E-state index contributed by atoms with van der Waals surface area (Å²) >= 11 is 0. The molecule has 4 heteroatoms. The second-order valence-corrected chi connectivity index (χ2v) is 7.94. The van der Waals surface area contributed by atoms with E-state index in [1.54, 1.807) is 0 Å². The Morgan fingerprint density at radius 1 is 1.16 bits per heavy atom. The van der Waals surface area contributed by atoms with Crippen LogP contribution >= 0.6 is 0 Å². The van der Waals surface area contributed by atoms with E-state index >= 15 is 0 Å². The summed E-state index contributed by atoms with van der Waals surface area (Å²) in [6.45, 7) is 3.84. The van der Waals surface area contributed by atoms with Crippen LogP contribution in [0.5, 0.6) is 0 Å². The Labute approximate surface area is 151 Å². The van der Waals surface area contributed by atoms with Crippen molar-refractivity contribution in [2.45, 2.75) is 56.3 Å². The van der Waals surface area contributed by atoms with Crippen LogP contribution in [0.3, 0.4) is 0 Å². The van der Waals surface area contributed by atoms with Crippen molar-refractivity contribution in [1.82, 2.24) is 4.90 Å². The number of benzene rings is 1. The van der Waals surface area contributed by atoms with Crippen LogP contribution in [0.15, 0.2) is 30.3 Å². The van der Waals surface area contributed by atoms with E-state index in [9.17, 15) is 5.11 Å². The highest BCUT2D eigenvalue weighted by molar-refractivity contribution is 5.30. The highest BCUT2D eigenvalue weighted by Crippen LogP contribution is 2.53. The maximum absolute atomic E-state index is 10.6. The number of ether oxygens (including phenoxy) is 2. The molecule has 2 aliphatic heterocycles. The first-order valence-electron chi connectivity index (χ1n) is 9.97. The van der Waals surface area contributed by atoms with Crippen molar-refractivity contribution in [1.29, 1.82) is 0 Å². The molecular formula is C21H31NO3. The van der Waals surface area contributed by atoms with E-state index < -0.39 is 6.10 Å². The molecule has 0 radical (unpaired) electrons. The van der Waals surface area contributed by atoms with E-state index in [1.807, 2.05) is 0 Å². The van der Waals surface area contributed by atoms with E-state index in [0.717, 1.165) is 38.5 Å². The third-order valence-corrected chi connectivity index (χ3v) is 6.44. The van der Waals surface area contributed by atoms with Gasteiger partial charge in [-0.2, -0.15) is 0 Å². The van der Waals surface area contributed by atoms with Gasteiger partial charge in [0.15, 0.2) is 0 Å². The van der Waals surface area contributed by atoms with Crippen molar-refractivity contribution in [3.63, 3.8) is 0 Å². The van der Waals surface area contributed by atoms with E-state index in [-0.39, 0.29) is 11.6 Å². The Bertz CT molecular complexity index is 545. The van der Waals surface area contributed by atoms with Gasteiger partial charge < -0.3 is 14.6 Å². The molecule has 2 heterocycles. The molecule has 1 saturated carbocycles. The Balaban J connectivity index is 1.38. The second-order valence-electron chi connectivity index (χ2n) is 7.94. The van der Waals surface area contributed by atoms with Gasteiger partial charge in [-0.3, -0.25) is 4.90 Å². The molecule has 1 aromatic rings. The number of aliphatic hydroxyl groups excluding tert-OH is 1. The molecule has 0 amide bonds. The van der Waals surface area contributed by atoms with Gasteiger partial charge in [0.25, 0.3) is 0 Å². The molecule has 1 aliphatic carbocycles. The fourth-order valence-corrected chi connectivity index (χ4v) is 5.13. The van der Waals surface area contributed by atoms with Crippen molar-refractivity contribution in [2.75, 3.05) is 32.9 Å². The molecule has 1 aromatic carbocycles. The average molecular weight is 345 g/mol. The maximum atomic E-state index is 10.6. The lowest BCUT2D eigenvalue weighted by Gasteiger charge is -2.62. The van der Waals surface area contributed by atoms with Crippen molar-refractivity contribution in [2.24, 2.45) is 5.92 Å². The number of nitrogens with zero attached hydrogens (tertiary/aromatic N) is 1. The van der Waals surface area contributed by atoms with Gasteiger partial charge in [-0.1, -0.05) is 43.2 Å². The summed E-state index contributed by atoms with van der Waals surface area (Å²) in [6, 6.07) is 10.9. The fraction of sp³-hybridized carbons (Fsp3) is 0.714. The van der Waals surface area contributed by atoms with E-state index in [2.05, 4.69) is 35.2 Å². The van der Waals surface area contributed by atoms with Gasteiger partial charge in [-0.25, -0.2) is 0 Å². The molecule has 25 heavy (non-hydrogen) atoms. The highest BCUT2D eigenvalue weighted by atomic mass is 16.5. The predicted octanol–water partition coefficient (Wildman–Crippen LogP) is 2.94. The zero-order valence-corrected chi connectivity index (χ0v) is 15.1. The van der Waals surface area contributed by atoms with Gasteiger partial charge in [0.2, 0.25) is 0 Å². The van der Waals surface area contributed by atoms with Gasteiger partial charge in [-0.15, -0.1) is 0 Å². The smallest absolute Gasteiger partial charge is 0.0900 e. The van der Waals surface area contributed by atoms with Crippen LogP contribution in [-0.4, -0.2) is 55.1 Å². The van der Waals surface area contributed by atoms with Gasteiger partial charge >= 0.3 is 0 Å². The molecule has 2 saturated heterocycles. The van der Waals surface area contributed by atoms with Gasteiger partial charge in [-0.05, 0) is 37.2 Å². The average Bonchev–Trinajstić information content (AvgIpc) is 2.66. The van der Waals surface area contributed by atoms with Crippen molar-refractivity contribution >= 4 is 0 Å². The molecule has 3 fully saturated rings. The second kappa shape index (κ2) is 7.75. The van der Waals surface area contributed by atoms with Gasteiger partial charge in [0.05, 0.1) is 24.4 Å². The molecule has 0 spiro atoms. The van der Waals surface area contributed by atoms with Crippen LogP contribution in [0, 0.1) is 5.92 Å². The largest absolute Gasteiger partial charge is 0.389 e. The lowest BCUT2D eigenvalue weighted by molar-refractivity contribution is -0.141. The van der Waals surface area contributed by atoms with E-state index in [4.69, 9.17) is 9.47 Å². The third-order valence-electron chi connectivity index (χ3n) is 6.44. The minimum atomic E-state index is -0.411. The summed E-state index contributed by atoms with van der Waals surface area (Å²) < 4.78 is 11.3. The minimum Gasteiger partial charge on any atom is -0.389 e. The van der Waals surface area contributed by atoms with Crippen LogP contribution < -0.4 is 0 Å². The number of aliphatic hydroxyl groups is 1. The molecule has 3 atom stereocenters. The predicted molar refractivity (Wildman–Crippen MR) is 97.5 cm³/mol. The number of hydrogen-bond acceptors (Lipinski definition) is 4. The Kier molecular flexibility index (Phi) is 5.41. The van der Waals surface area contributed by atoms with Crippen molar-refractivity contribution in [3.8, 4) is 0 Å². The number of fused-ring (bicyclic) bond motifs is 1. The van der Waals surface area contributed by atoms with E-state index in [1.165, 1.54) is 31.2 Å². The Hall–Kier alpha value is -0.940. The normalized spacial score (nSPS) is 32.0. The summed E-state index contributed by atoms with van der Waals surface area (Å²) in [4.78, 5) is 2.52. The first-order valence-corrected chi connectivity index (χ1v) is 9.97. The topological polar surface area (TPSA) is 41.9 Å². The van der Waals surface area contributed by atoms with Gasteiger partial charge in [0, 0.05) is 26.3 Å². The van der Waals surface area contributed by atoms with Crippen LogP contribution in [0.4, 0.5) is 0 Å². The van der Waals surface area contributed by atoms with Crippen LogP contribution in [-0.2, 0) is 15.0 Å². The minimum absolute atomic E-state index is 0.152. The zero-order chi connectivity index (χ0) is 17.1. The molecule has 4 rings (SSSR count). The quantitative estimate of drug-likeness (QED) is 0.861. The summed E-state index contributed by atoms with van der Waals surface area (Å²) in [5.41, 5.74) is 1.59. The summed E-state index contributed by atoms with van der Waals surface area (Å²) in [5.74, 6) is 0.743. The molecule has 0 unspecified atom stereocenters. The fourth-order valence-electron chi connectivity index (χ4n) is 5.13. The van der Waals surface area contributed by atoms with Gasteiger partial charge in [0.1, 0.15) is 0 Å². The van der Waals surface area contributed by atoms with E-state index in [0.29, 0.717) is 13.2 Å². The molecule has 0 bridgehead atoms. The molecule has 3 aliphatic rings. The number of rotatable bonds is 6. The zero-order valence-electron chi connectivity index (χ0n) is 15.1. The molecule has 4 nitrogen and oxygen atoms in total. The Morgan fingerprint density at radius 3 is 2.72 bits per heavy atom.